The number of halogens is 7. The summed E-state index contributed by atoms with van der Waals surface area (Å²) in [5.41, 5.74) is -0.291. The molecule has 180 valence electrons. The first-order valence-corrected chi connectivity index (χ1v) is 10.9. The molecule has 0 atom stereocenters. The van der Waals surface area contributed by atoms with Crippen LogP contribution < -0.4 is 4.74 Å². The maximum atomic E-state index is 14.8. The van der Waals surface area contributed by atoms with Gasteiger partial charge in [0.2, 0.25) is 0 Å². The Morgan fingerprint density at radius 3 is 1.91 bits per heavy atom. The van der Waals surface area contributed by atoms with Crippen molar-refractivity contribution in [3.8, 4) is 16.9 Å². The Bertz CT molecular complexity index is 1160. The van der Waals surface area contributed by atoms with Crippen molar-refractivity contribution < 1.29 is 35.5 Å². The van der Waals surface area contributed by atoms with Crippen molar-refractivity contribution in [2.75, 3.05) is 0 Å². The van der Waals surface area contributed by atoms with Gasteiger partial charge in [-0.1, -0.05) is 50.1 Å². The Hall–Kier alpha value is -3.03. The highest BCUT2D eigenvalue weighted by Gasteiger charge is 2.40. The van der Waals surface area contributed by atoms with Gasteiger partial charge < -0.3 is 4.74 Å². The molecule has 0 aromatic heterocycles. The summed E-state index contributed by atoms with van der Waals surface area (Å²) in [4.78, 5) is 0. The van der Waals surface area contributed by atoms with Crippen molar-refractivity contribution in [3.05, 3.63) is 88.7 Å². The van der Waals surface area contributed by atoms with Gasteiger partial charge in [0.25, 0.3) is 0 Å². The average molecular weight is 482 g/mol. The summed E-state index contributed by atoms with van der Waals surface area (Å²) in [6.45, 7) is 2.21. The molecule has 1 saturated carbocycles. The predicted octanol–water partition coefficient (Wildman–Crippen LogP) is 8.47. The van der Waals surface area contributed by atoms with Crippen LogP contribution in [0.4, 0.5) is 30.7 Å². The van der Waals surface area contributed by atoms with Gasteiger partial charge in [-0.25, -0.2) is 22.0 Å². The number of alkyl halides is 2. The minimum Gasteiger partial charge on any atom is -0.429 e. The van der Waals surface area contributed by atoms with Crippen LogP contribution in [0.15, 0.2) is 48.5 Å². The molecule has 1 aliphatic rings. The van der Waals surface area contributed by atoms with E-state index in [1.807, 2.05) is 12.1 Å². The Labute approximate surface area is 192 Å². The predicted molar refractivity (Wildman–Crippen MR) is 113 cm³/mol. The molecule has 0 saturated heterocycles. The summed E-state index contributed by atoms with van der Waals surface area (Å²) in [5.74, 6) is -8.79. The molecule has 0 heterocycles. The van der Waals surface area contributed by atoms with E-state index < -0.39 is 46.5 Å². The third kappa shape index (κ3) is 4.76. The lowest BCUT2D eigenvalue weighted by Crippen LogP contribution is -2.24. The van der Waals surface area contributed by atoms with E-state index in [1.165, 1.54) is 0 Å². The molecule has 34 heavy (non-hydrogen) atoms. The van der Waals surface area contributed by atoms with Crippen LogP contribution in [0.3, 0.4) is 0 Å². The zero-order valence-electron chi connectivity index (χ0n) is 18.2. The Morgan fingerprint density at radius 2 is 1.32 bits per heavy atom. The fourth-order valence-electron chi connectivity index (χ4n) is 4.32. The quantitative estimate of drug-likeness (QED) is 0.262. The molecule has 4 rings (SSSR count). The topological polar surface area (TPSA) is 9.23 Å². The lowest BCUT2D eigenvalue weighted by molar-refractivity contribution is -0.187. The first kappa shape index (κ1) is 24.1. The van der Waals surface area contributed by atoms with Crippen LogP contribution in [0.5, 0.6) is 5.75 Å². The molecule has 0 unspecified atom stereocenters. The second-order valence-corrected chi connectivity index (χ2v) is 8.69. The molecule has 8 heteroatoms. The molecular weight excluding hydrogens is 461 g/mol. The van der Waals surface area contributed by atoms with Crippen molar-refractivity contribution in [1.29, 1.82) is 0 Å². The van der Waals surface area contributed by atoms with E-state index in [-0.39, 0.29) is 17.7 Å². The Balaban J connectivity index is 1.58. The summed E-state index contributed by atoms with van der Waals surface area (Å²) in [6.07, 6.45) is -0.130. The zero-order valence-corrected chi connectivity index (χ0v) is 18.2. The highest BCUT2D eigenvalue weighted by molar-refractivity contribution is 5.65. The van der Waals surface area contributed by atoms with Gasteiger partial charge in [0.15, 0.2) is 29.1 Å². The summed E-state index contributed by atoms with van der Waals surface area (Å²) in [6, 6.07) is 8.88. The van der Waals surface area contributed by atoms with Gasteiger partial charge in [-0.2, -0.15) is 8.78 Å². The number of rotatable bonds is 5. The molecule has 3 aromatic carbocycles. The number of ether oxygens (including phenoxy) is 1. The second-order valence-electron chi connectivity index (χ2n) is 8.69. The van der Waals surface area contributed by atoms with Gasteiger partial charge in [0, 0.05) is 17.7 Å². The molecule has 0 aliphatic heterocycles. The summed E-state index contributed by atoms with van der Waals surface area (Å²) >= 11 is 0. The van der Waals surface area contributed by atoms with Crippen molar-refractivity contribution in [1.82, 2.24) is 0 Å². The number of benzene rings is 3. The van der Waals surface area contributed by atoms with Crippen molar-refractivity contribution in [2.24, 2.45) is 5.92 Å². The second kappa shape index (κ2) is 9.31. The number of hydrogen-bond donors (Lipinski definition) is 0. The first-order valence-electron chi connectivity index (χ1n) is 10.9. The van der Waals surface area contributed by atoms with Crippen LogP contribution >= 0.6 is 0 Å². The van der Waals surface area contributed by atoms with Gasteiger partial charge in [0.1, 0.15) is 11.3 Å². The Kier molecular flexibility index (Phi) is 6.60. The van der Waals surface area contributed by atoms with E-state index in [9.17, 15) is 30.7 Å². The molecule has 1 nitrogen and oxygen atoms in total. The molecule has 1 fully saturated rings. The summed E-state index contributed by atoms with van der Waals surface area (Å²) < 4.78 is 102. The maximum absolute atomic E-state index is 14.8. The van der Waals surface area contributed by atoms with E-state index in [4.69, 9.17) is 0 Å². The third-order valence-electron chi connectivity index (χ3n) is 6.31. The van der Waals surface area contributed by atoms with Crippen LogP contribution in [0.2, 0.25) is 0 Å². The smallest absolute Gasteiger partial charge is 0.429 e. The van der Waals surface area contributed by atoms with E-state index in [0.29, 0.717) is 23.5 Å². The van der Waals surface area contributed by atoms with Crippen molar-refractivity contribution in [2.45, 2.75) is 44.6 Å². The van der Waals surface area contributed by atoms with E-state index in [1.54, 1.807) is 12.1 Å². The van der Waals surface area contributed by atoms with Crippen LogP contribution in [0, 0.1) is 35.0 Å². The molecular formula is C26H21F7O. The standard InChI is InChI=1S/C26H21F7O/c1-14-2-4-15(5-3-14)16-6-8-17(9-7-16)19-10-11-20(24(30)23(19)29)26(32,33)34-18-12-21(27)25(31)22(28)13-18/h6-15H,2-5H2,1H3. The highest BCUT2D eigenvalue weighted by atomic mass is 19.3. The average Bonchev–Trinajstić information content (AvgIpc) is 2.79. The van der Waals surface area contributed by atoms with Gasteiger partial charge in [-0.05, 0) is 41.9 Å². The van der Waals surface area contributed by atoms with E-state index >= 15 is 0 Å². The lowest BCUT2D eigenvalue weighted by atomic mass is 9.79. The maximum Gasteiger partial charge on any atom is 0.429 e. The Morgan fingerprint density at radius 1 is 0.735 bits per heavy atom. The fourth-order valence-corrected chi connectivity index (χ4v) is 4.32. The molecule has 0 N–H and O–H groups in total. The van der Waals surface area contributed by atoms with Gasteiger partial charge >= 0.3 is 6.11 Å². The molecule has 0 spiro atoms. The SMILES string of the molecule is CC1CCC(c2ccc(-c3ccc(C(F)(F)Oc4cc(F)c(F)c(F)c4)c(F)c3F)cc2)CC1. The highest BCUT2D eigenvalue weighted by Crippen LogP contribution is 2.39. The fraction of sp³-hybridized carbons (Fsp3) is 0.308. The summed E-state index contributed by atoms with van der Waals surface area (Å²) in [5, 5.41) is 0. The molecule has 3 aromatic rings. The largest absolute Gasteiger partial charge is 0.429 e. The zero-order chi connectivity index (χ0) is 24.6. The third-order valence-corrected chi connectivity index (χ3v) is 6.31. The van der Waals surface area contributed by atoms with Crippen molar-refractivity contribution in [3.63, 3.8) is 0 Å². The van der Waals surface area contributed by atoms with Crippen molar-refractivity contribution >= 4 is 0 Å². The molecule has 0 radical (unpaired) electrons. The van der Waals surface area contributed by atoms with E-state index in [2.05, 4.69) is 11.7 Å². The van der Waals surface area contributed by atoms with Gasteiger partial charge in [-0.3, -0.25) is 0 Å². The molecule has 0 amide bonds. The van der Waals surface area contributed by atoms with Crippen LogP contribution in [-0.2, 0) is 6.11 Å². The summed E-state index contributed by atoms with van der Waals surface area (Å²) in [7, 11) is 0. The lowest BCUT2D eigenvalue weighted by Gasteiger charge is -2.26. The molecule has 1 aliphatic carbocycles. The molecule has 0 bridgehead atoms. The van der Waals surface area contributed by atoms with Gasteiger partial charge in [0.05, 0.1) is 0 Å². The minimum atomic E-state index is -4.48. The van der Waals surface area contributed by atoms with Crippen LogP contribution in [0.1, 0.15) is 49.7 Å². The minimum absolute atomic E-state index is 0.184. The van der Waals surface area contributed by atoms with E-state index in [0.717, 1.165) is 37.3 Å². The number of hydrogen-bond acceptors (Lipinski definition) is 1. The normalized spacial score (nSPS) is 18.7. The van der Waals surface area contributed by atoms with Gasteiger partial charge in [-0.15, -0.1) is 0 Å². The van der Waals surface area contributed by atoms with Crippen LogP contribution in [0.25, 0.3) is 11.1 Å². The van der Waals surface area contributed by atoms with Crippen LogP contribution in [-0.4, -0.2) is 0 Å². The monoisotopic (exact) mass is 482 g/mol. The first-order chi connectivity index (χ1) is 16.1.